The molecule has 1 aliphatic rings. The number of para-hydroxylation sites is 1. The van der Waals surface area contributed by atoms with Crippen LogP contribution in [0.15, 0.2) is 18.2 Å². The number of hydrogen-bond donors (Lipinski definition) is 3. The maximum atomic E-state index is 11.0. The molecule has 0 saturated heterocycles. The van der Waals surface area contributed by atoms with Gasteiger partial charge >= 0.3 is 5.69 Å². The highest BCUT2D eigenvalue weighted by atomic mass is 16.6. The van der Waals surface area contributed by atoms with Crippen LogP contribution in [0.25, 0.3) is 0 Å². The molecular weight excluding hydrogens is 246 g/mol. The average Bonchev–Trinajstić information content (AvgIpc) is 2.37. The lowest BCUT2D eigenvalue weighted by molar-refractivity contribution is -0.383. The van der Waals surface area contributed by atoms with Gasteiger partial charge in [0.2, 0.25) is 0 Å². The number of nitrogens with one attached hydrogen (secondary N) is 1. The second-order valence-electron chi connectivity index (χ2n) is 5.14. The number of benzene rings is 1. The second kappa shape index (κ2) is 5.44. The van der Waals surface area contributed by atoms with Crippen LogP contribution in [-0.2, 0) is 0 Å². The molecule has 0 heterocycles. The van der Waals surface area contributed by atoms with E-state index in [0.29, 0.717) is 12.2 Å². The molecule has 0 unspecified atom stereocenters. The van der Waals surface area contributed by atoms with Crippen LogP contribution in [0.2, 0.25) is 0 Å². The summed E-state index contributed by atoms with van der Waals surface area (Å²) in [6.45, 7) is 0.317. The minimum atomic E-state index is -0.767. The van der Waals surface area contributed by atoms with E-state index in [4.69, 9.17) is 5.73 Å². The zero-order chi connectivity index (χ0) is 13.9. The van der Waals surface area contributed by atoms with E-state index in [1.165, 1.54) is 6.07 Å². The summed E-state index contributed by atoms with van der Waals surface area (Å²) in [5, 5.41) is 24.3. The Hall–Kier alpha value is -1.82. The van der Waals surface area contributed by atoms with Gasteiger partial charge in [0.25, 0.3) is 0 Å². The molecule has 1 saturated carbocycles. The van der Waals surface area contributed by atoms with E-state index in [1.807, 2.05) is 0 Å². The van der Waals surface area contributed by atoms with Gasteiger partial charge in [-0.2, -0.15) is 0 Å². The van der Waals surface area contributed by atoms with Crippen molar-refractivity contribution in [3.63, 3.8) is 0 Å². The van der Waals surface area contributed by atoms with Crippen molar-refractivity contribution in [2.24, 2.45) is 0 Å². The summed E-state index contributed by atoms with van der Waals surface area (Å²) in [7, 11) is 0. The summed E-state index contributed by atoms with van der Waals surface area (Å²) in [5.74, 6) is 0. The van der Waals surface area contributed by atoms with E-state index in [9.17, 15) is 15.2 Å². The Balaban J connectivity index is 2.11. The largest absolute Gasteiger partial charge is 0.393 e. The highest BCUT2D eigenvalue weighted by molar-refractivity contribution is 5.74. The van der Waals surface area contributed by atoms with Crippen LogP contribution in [0.1, 0.15) is 32.1 Å². The Labute approximate surface area is 111 Å². The fraction of sp³-hybridized carbons (Fsp3) is 0.538. The lowest BCUT2D eigenvalue weighted by Gasteiger charge is -2.32. The molecular formula is C13H19N3O3. The molecule has 0 bridgehead atoms. The zero-order valence-electron chi connectivity index (χ0n) is 10.8. The van der Waals surface area contributed by atoms with Crippen molar-refractivity contribution in [1.29, 1.82) is 0 Å². The first-order chi connectivity index (χ1) is 9.02. The molecule has 6 nitrogen and oxygen atoms in total. The molecule has 0 radical (unpaired) electrons. The Bertz CT molecular complexity index is 470. The first kappa shape index (κ1) is 13.6. The second-order valence-corrected chi connectivity index (χ2v) is 5.14. The number of nitrogen functional groups attached to an aromatic ring is 1. The van der Waals surface area contributed by atoms with Gasteiger partial charge in [-0.3, -0.25) is 10.1 Å². The molecule has 0 spiro atoms. The van der Waals surface area contributed by atoms with Gasteiger partial charge in [0.05, 0.1) is 10.5 Å². The smallest absolute Gasteiger partial charge is 0.314 e. The van der Waals surface area contributed by atoms with Gasteiger partial charge in [-0.25, -0.2) is 0 Å². The predicted molar refractivity (Wildman–Crippen MR) is 74.0 cm³/mol. The summed E-state index contributed by atoms with van der Waals surface area (Å²) in [4.78, 5) is 10.5. The quantitative estimate of drug-likeness (QED) is 0.440. The molecule has 2 rings (SSSR count). The van der Waals surface area contributed by atoms with Crippen LogP contribution in [-0.4, -0.2) is 22.2 Å². The Kier molecular flexibility index (Phi) is 3.90. The number of nitro groups is 1. The lowest BCUT2D eigenvalue weighted by Crippen LogP contribution is -2.38. The van der Waals surface area contributed by atoms with Crippen LogP contribution >= 0.6 is 0 Å². The van der Waals surface area contributed by atoms with Crippen LogP contribution in [0, 0.1) is 10.1 Å². The van der Waals surface area contributed by atoms with Crippen molar-refractivity contribution in [3.8, 4) is 0 Å². The van der Waals surface area contributed by atoms with Crippen LogP contribution in [0.3, 0.4) is 0 Å². The van der Waals surface area contributed by atoms with Crippen molar-refractivity contribution < 1.29 is 10.0 Å². The topological polar surface area (TPSA) is 101 Å². The summed E-state index contributed by atoms with van der Waals surface area (Å²) in [6, 6.07) is 4.77. The van der Waals surface area contributed by atoms with Gasteiger partial charge in [-0.1, -0.05) is 25.3 Å². The molecule has 0 aromatic heterocycles. The normalized spacial score (nSPS) is 17.9. The van der Waals surface area contributed by atoms with Crippen LogP contribution in [0.4, 0.5) is 17.1 Å². The molecule has 0 aliphatic heterocycles. The van der Waals surface area contributed by atoms with Crippen molar-refractivity contribution in [3.05, 3.63) is 28.3 Å². The third-order valence-electron chi connectivity index (χ3n) is 3.64. The molecule has 19 heavy (non-hydrogen) atoms. The van der Waals surface area contributed by atoms with Crippen molar-refractivity contribution in [2.75, 3.05) is 17.6 Å². The predicted octanol–water partition coefficient (Wildman–Crippen LogP) is 2.28. The van der Waals surface area contributed by atoms with Crippen molar-refractivity contribution in [1.82, 2.24) is 0 Å². The summed E-state index contributed by atoms with van der Waals surface area (Å²) >= 11 is 0. The average molecular weight is 265 g/mol. The number of anilines is 2. The molecule has 6 heteroatoms. The molecule has 0 atom stereocenters. The molecule has 1 aliphatic carbocycles. The lowest BCUT2D eigenvalue weighted by atomic mass is 9.85. The monoisotopic (exact) mass is 265 g/mol. The van der Waals surface area contributed by atoms with Gasteiger partial charge in [-0.05, 0) is 25.0 Å². The molecule has 1 aromatic rings. The number of hydrogen-bond acceptors (Lipinski definition) is 5. The summed E-state index contributed by atoms with van der Waals surface area (Å²) in [6.07, 6.45) is 4.60. The number of nitro benzene ring substituents is 1. The Morgan fingerprint density at radius 2 is 2.05 bits per heavy atom. The highest BCUT2D eigenvalue weighted by Gasteiger charge is 2.29. The van der Waals surface area contributed by atoms with E-state index in [1.54, 1.807) is 12.1 Å². The van der Waals surface area contributed by atoms with E-state index in [0.717, 1.165) is 32.1 Å². The van der Waals surface area contributed by atoms with E-state index in [-0.39, 0.29) is 11.4 Å². The third kappa shape index (κ3) is 3.14. The highest BCUT2D eigenvalue weighted by Crippen LogP contribution is 2.33. The molecule has 4 N–H and O–H groups in total. The Morgan fingerprint density at radius 3 is 2.68 bits per heavy atom. The van der Waals surface area contributed by atoms with E-state index in [2.05, 4.69) is 5.32 Å². The molecule has 1 fully saturated rings. The number of nitrogens with zero attached hydrogens (tertiary/aromatic N) is 1. The Morgan fingerprint density at radius 1 is 1.37 bits per heavy atom. The van der Waals surface area contributed by atoms with Crippen LogP contribution < -0.4 is 11.1 Å². The first-order valence-corrected chi connectivity index (χ1v) is 6.51. The zero-order valence-corrected chi connectivity index (χ0v) is 10.8. The van der Waals surface area contributed by atoms with Crippen LogP contribution in [0.5, 0.6) is 0 Å². The molecule has 1 aromatic carbocycles. The molecule has 104 valence electrons. The van der Waals surface area contributed by atoms with Crippen molar-refractivity contribution in [2.45, 2.75) is 37.7 Å². The third-order valence-corrected chi connectivity index (χ3v) is 3.64. The van der Waals surface area contributed by atoms with Gasteiger partial charge in [0.15, 0.2) is 0 Å². The van der Waals surface area contributed by atoms with E-state index >= 15 is 0 Å². The molecule has 0 amide bonds. The minimum Gasteiger partial charge on any atom is -0.393 e. The van der Waals surface area contributed by atoms with Gasteiger partial charge in [0.1, 0.15) is 11.4 Å². The maximum Gasteiger partial charge on any atom is 0.314 e. The fourth-order valence-electron chi connectivity index (χ4n) is 2.55. The number of rotatable bonds is 4. The standard InChI is InChI=1S/C13H19N3O3/c14-10-5-4-6-11(12(10)16(18)19)15-9-13(17)7-2-1-3-8-13/h4-6,15,17H,1-3,7-9,14H2. The number of nitrogens with two attached hydrogens (primary N) is 1. The van der Waals surface area contributed by atoms with E-state index < -0.39 is 10.5 Å². The maximum absolute atomic E-state index is 11.0. The SMILES string of the molecule is Nc1cccc(NCC2(O)CCCCC2)c1[N+](=O)[O-]. The van der Waals surface area contributed by atoms with Gasteiger partial charge < -0.3 is 16.2 Å². The minimum absolute atomic E-state index is 0.123. The number of aliphatic hydroxyl groups is 1. The summed E-state index contributed by atoms with van der Waals surface area (Å²) < 4.78 is 0. The van der Waals surface area contributed by atoms with Gasteiger partial charge in [-0.15, -0.1) is 0 Å². The fourth-order valence-corrected chi connectivity index (χ4v) is 2.55. The first-order valence-electron chi connectivity index (χ1n) is 6.51. The summed E-state index contributed by atoms with van der Waals surface area (Å²) in [5.41, 5.74) is 5.22. The van der Waals surface area contributed by atoms with Crippen molar-refractivity contribution >= 4 is 17.1 Å². The van der Waals surface area contributed by atoms with Gasteiger partial charge in [0, 0.05) is 6.54 Å².